The summed E-state index contributed by atoms with van der Waals surface area (Å²) in [7, 11) is 0. The first-order chi connectivity index (χ1) is 9.69. The van der Waals surface area contributed by atoms with Crippen molar-refractivity contribution in [1.29, 1.82) is 0 Å². The predicted octanol–water partition coefficient (Wildman–Crippen LogP) is 4.43. The van der Waals surface area contributed by atoms with E-state index in [0.29, 0.717) is 11.1 Å². The van der Waals surface area contributed by atoms with Crippen LogP contribution in [0.15, 0.2) is 58.3 Å². The molecule has 0 saturated carbocycles. The van der Waals surface area contributed by atoms with Crippen molar-refractivity contribution in [3.05, 3.63) is 54.1 Å². The first-order valence-corrected chi connectivity index (χ1v) is 6.99. The fourth-order valence-corrected chi connectivity index (χ4v) is 3.10. The molecular formula is C16H12O3S. The summed E-state index contributed by atoms with van der Waals surface area (Å²) in [5, 5.41) is 9.18. The zero-order chi connectivity index (χ0) is 14.1. The van der Waals surface area contributed by atoms with E-state index in [1.54, 1.807) is 30.8 Å². The number of benzene rings is 2. The summed E-state index contributed by atoms with van der Waals surface area (Å²) in [6.45, 7) is 1.72. The number of carbonyl (C=O) groups is 1. The maximum Gasteiger partial charge on any atom is 0.335 e. The van der Waals surface area contributed by atoms with E-state index in [1.807, 2.05) is 36.4 Å². The fraction of sp³-hybridized carbons (Fsp3) is 0.0625. The number of aliphatic carboxylic acids is 1. The van der Waals surface area contributed by atoms with Gasteiger partial charge in [-0.25, -0.2) is 4.79 Å². The van der Waals surface area contributed by atoms with Crippen molar-refractivity contribution in [3.63, 3.8) is 0 Å². The zero-order valence-corrected chi connectivity index (χ0v) is 11.6. The minimum atomic E-state index is -0.922. The van der Waals surface area contributed by atoms with Gasteiger partial charge in [-0.05, 0) is 36.8 Å². The second kappa shape index (κ2) is 5.06. The molecule has 0 aliphatic carbocycles. The van der Waals surface area contributed by atoms with Gasteiger partial charge in [-0.15, -0.1) is 0 Å². The van der Waals surface area contributed by atoms with E-state index >= 15 is 0 Å². The lowest BCUT2D eigenvalue weighted by molar-refractivity contribution is -0.130. The number of ether oxygens (including phenoxy) is 1. The molecule has 3 nitrogen and oxygen atoms in total. The smallest absolute Gasteiger partial charge is 0.335 e. The van der Waals surface area contributed by atoms with Crippen molar-refractivity contribution in [2.24, 2.45) is 0 Å². The van der Waals surface area contributed by atoms with Crippen LogP contribution in [0.4, 0.5) is 0 Å². The molecule has 0 unspecified atom stereocenters. The number of hydrogen-bond donors (Lipinski definition) is 1. The number of carboxylic acids is 1. The van der Waals surface area contributed by atoms with E-state index in [0.717, 1.165) is 21.3 Å². The number of para-hydroxylation sites is 1. The minimum Gasteiger partial charge on any atom is -0.478 e. The Morgan fingerprint density at radius 3 is 2.65 bits per heavy atom. The summed E-state index contributed by atoms with van der Waals surface area (Å²) in [6.07, 6.45) is 1.60. The lowest BCUT2D eigenvalue weighted by atomic mass is 10.1. The molecule has 1 aliphatic rings. The molecule has 1 heterocycles. The molecule has 0 spiro atoms. The van der Waals surface area contributed by atoms with E-state index in [2.05, 4.69) is 0 Å². The molecule has 1 N–H and O–H groups in total. The van der Waals surface area contributed by atoms with Crippen molar-refractivity contribution >= 4 is 23.3 Å². The Labute approximate surface area is 120 Å². The normalized spacial score (nSPS) is 13.2. The van der Waals surface area contributed by atoms with E-state index in [4.69, 9.17) is 4.74 Å². The topological polar surface area (TPSA) is 46.5 Å². The summed E-state index contributed by atoms with van der Waals surface area (Å²) >= 11 is 1.59. The largest absolute Gasteiger partial charge is 0.478 e. The number of fused-ring (bicyclic) bond motifs is 2. The van der Waals surface area contributed by atoms with Gasteiger partial charge in [0.25, 0.3) is 0 Å². The molecule has 0 amide bonds. The van der Waals surface area contributed by atoms with Gasteiger partial charge in [-0.1, -0.05) is 36.0 Å². The number of hydrogen-bond acceptors (Lipinski definition) is 3. The molecule has 2 aromatic carbocycles. The molecule has 20 heavy (non-hydrogen) atoms. The Hall–Kier alpha value is -2.20. The molecule has 0 radical (unpaired) electrons. The third-order valence-corrected chi connectivity index (χ3v) is 4.16. The standard InChI is InChI=1S/C16H12O3S/c1-2-11(16(17)18)10-7-8-13-15(9-10)20-14-6-4-3-5-12(14)19-13/h2-9H,1H3,(H,17,18). The van der Waals surface area contributed by atoms with Crippen LogP contribution in [0.5, 0.6) is 11.5 Å². The molecule has 4 heteroatoms. The van der Waals surface area contributed by atoms with Gasteiger partial charge in [-0.3, -0.25) is 0 Å². The van der Waals surface area contributed by atoms with Crippen molar-refractivity contribution in [3.8, 4) is 11.5 Å². The average Bonchev–Trinajstić information content (AvgIpc) is 2.45. The average molecular weight is 284 g/mol. The molecular weight excluding hydrogens is 272 g/mol. The summed E-state index contributed by atoms with van der Waals surface area (Å²) < 4.78 is 5.82. The SMILES string of the molecule is CC=C(C(=O)O)c1ccc2c(c1)Sc1ccccc1O2. The summed E-state index contributed by atoms with van der Waals surface area (Å²) in [5.74, 6) is 0.676. The Morgan fingerprint density at radius 1 is 1.15 bits per heavy atom. The van der Waals surface area contributed by atoms with Crippen molar-refractivity contribution < 1.29 is 14.6 Å². The first-order valence-electron chi connectivity index (χ1n) is 6.18. The summed E-state index contributed by atoms with van der Waals surface area (Å²) in [6, 6.07) is 13.3. The predicted molar refractivity (Wildman–Crippen MR) is 78.4 cm³/mol. The van der Waals surface area contributed by atoms with Gasteiger partial charge in [0.05, 0.1) is 15.4 Å². The molecule has 0 aromatic heterocycles. The highest BCUT2D eigenvalue weighted by Gasteiger charge is 2.19. The first kappa shape index (κ1) is 12.8. The van der Waals surface area contributed by atoms with Crippen molar-refractivity contribution in [1.82, 2.24) is 0 Å². The van der Waals surface area contributed by atoms with Crippen molar-refractivity contribution in [2.45, 2.75) is 16.7 Å². The van der Waals surface area contributed by atoms with E-state index in [9.17, 15) is 9.90 Å². The molecule has 1 aliphatic heterocycles. The van der Waals surface area contributed by atoms with Gasteiger partial charge < -0.3 is 9.84 Å². The summed E-state index contributed by atoms with van der Waals surface area (Å²) in [4.78, 5) is 13.2. The molecule has 100 valence electrons. The minimum absolute atomic E-state index is 0.298. The second-order valence-corrected chi connectivity index (χ2v) is 5.40. The summed E-state index contributed by atoms with van der Waals surface area (Å²) in [5.41, 5.74) is 0.987. The van der Waals surface area contributed by atoms with Gasteiger partial charge in [0.1, 0.15) is 11.5 Å². The van der Waals surface area contributed by atoms with Gasteiger partial charge in [0.2, 0.25) is 0 Å². The molecule has 3 rings (SSSR count). The molecule has 2 aromatic rings. The lowest BCUT2D eigenvalue weighted by Gasteiger charge is -2.20. The number of rotatable bonds is 2. The van der Waals surface area contributed by atoms with E-state index < -0.39 is 5.97 Å². The third kappa shape index (κ3) is 2.18. The van der Waals surface area contributed by atoms with Gasteiger partial charge >= 0.3 is 5.97 Å². The molecule has 0 fully saturated rings. The third-order valence-electron chi connectivity index (χ3n) is 3.06. The van der Waals surface area contributed by atoms with Gasteiger partial charge in [0.15, 0.2) is 0 Å². The van der Waals surface area contributed by atoms with E-state index in [1.165, 1.54) is 0 Å². The number of allylic oxidation sites excluding steroid dienone is 1. The van der Waals surface area contributed by atoms with Crippen LogP contribution in [0.1, 0.15) is 12.5 Å². The maximum absolute atomic E-state index is 11.2. The Balaban J connectivity index is 2.02. The van der Waals surface area contributed by atoms with Crippen LogP contribution in [-0.4, -0.2) is 11.1 Å². The van der Waals surface area contributed by atoms with Gasteiger partial charge in [0, 0.05) is 0 Å². The zero-order valence-electron chi connectivity index (χ0n) is 10.8. The Kier molecular flexibility index (Phi) is 3.24. The molecule has 0 saturated heterocycles. The highest BCUT2D eigenvalue weighted by Crippen LogP contribution is 2.47. The van der Waals surface area contributed by atoms with Crippen LogP contribution in [0, 0.1) is 0 Å². The van der Waals surface area contributed by atoms with Gasteiger partial charge in [-0.2, -0.15) is 0 Å². The monoisotopic (exact) mass is 284 g/mol. The van der Waals surface area contributed by atoms with Crippen LogP contribution in [-0.2, 0) is 4.79 Å². The van der Waals surface area contributed by atoms with E-state index in [-0.39, 0.29) is 0 Å². The van der Waals surface area contributed by atoms with Crippen LogP contribution in [0.25, 0.3) is 5.57 Å². The van der Waals surface area contributed by atoms with Crippen molar-refractivity contribution in [2.75, 3.05) is 0 Å². The molecule has 0 bridgehead atoms. The fourth-order valence-electron chi connectivity index (χ4n) is 2.11. The lowest BCUT2D eigenvalue weighted by Crippen LogP contribution is -2.01. The number of carboxylic acid groups (broad SMARTS) is 1. The highest BCUT2D eigenvalue weighted by molar-refractivity contribution is 7.99. The maximum atomic E-state index is 11.2. The molecule has 0 atom stereocenters. The Morgan fingerprint density at radius 2 is 1.90 bits per heavy atom. The quantitative estimate of drug-likeness (QED) is 0.707. The van der Waals surface area contributed by atoms with Crippen LogP contribution >= 0.6 is 11.8 Å². The van der Waals surface area contributed by atoms with Crippen LogP contribution in [0.3, 0.4) is 0 Å². The second-order valence-electron chi connectivity index (χ2n) is 4.32. The van der Waals surface area contributed by atoms with Crippen LogP contribution in [0.2, 0.25) is 0 Å². The Bertz CT molecular complexity index is 719. The highest BCUT2D eigenvalue weighted by atomic mass is 32.2. The van der Waals surface area contributed by atoms with Crippen LogP contribution < -0.4 is 4.74 Å².